The van der Waals surface area contributed by atoms with Gasteiger partial charge < -0.3 is 48.8 Å². The van der Waals surface area contributed by atoms with Gasteiger partial charge in [-0.25, -0.2) is 0 Å². The van der Waals surface area contributed by atoms with Gasteiger partial charge in [0.05, 0.1) is 59.0 Å². The zero-order valence-electron chi connectivity index (χ0n) is 39.5. The van der Waals surface area contributed by atoms with Crippen LogP contribution in [0.15, 0.2) is 0 Å². The summed E-state index contributed by atoms with van der Waals surface area (Å²) in [6.07, 6.45) is 14.6. The molecule has 0 aliphatic rings. The summed E-state index contributed by atoms with van der Waals surface area (Å²) in [6, 6.07) is 0. The zero-order chi connectivity index (χ0) is 43.5. The van der Waals surface area contributed by atoms with Crippen molar-refractivity contribution in [3.8, 4) is 0 Å². The summed E-state index contributed by atoms with van der Waals surface area (Å²) >= 11 is 0. The molecule has 0 aliphatic heterocycles. The minimum Gasteiger partial charge on any atom is -0.396 e. The van der Waals surface area contributed by atoms with E-state index in [4.69, 9.17) is 38.6 Å². The smallest absolute Gasteiger partial charge is 0.0801 e. The largest absolute Gasteiger partial charge is 0.396 e. The Balaban J connectivity index is 4.65. The van der Waals surface area contributed by atoms with Gasteiger partial charge in [-0.1, -0.05) is 41.5 Å². The first-order valence-electron chi connectivity index (χ1n) is 23.2. The first-order chi connectivity index (χ1) is 26.8. The van der Waals surface area contributed by atoms with Gasteiger partial charge in [0, 0.05) is 52.5 Å². The Morgan fingerprint density at radius 1 is 0.351 bits per heavy atom. The standard InChI is InChI=1S/C47H96O10/c1-13-42(7,29-24-33-54-46(11,17-5)36-40(50)38-56-44(9,15-3)26-19-21-30-48)52-32-23-28-43(8,14-2)53-34-25-35-55-47(12,18-6)37-41(51)39-57-45(10,16-4)27-20-22-31-49/h40-41,48-51H,13-39H2,1-12H3. The third kappa shape index (κ3) is 25.2. The van der Waals surface area contributed by atoms with Crippen molar-refractivity contribution < 1.29 is 48.8 Å². The maximum atomic E-state index is 10.9. The molecule has 0 aromatic rings. The topological polar surface area (TPSA) is 136 Å². The molecule has 8 unspecified atom stereocenters. The van der Waals surface area contributed by atoms with Crippen LogP contribution in [-0.4, -0.2) is 119 Å². The lowest BCUT2D eigenvalue weighted by molar-refractivity contribution is -0.115. The van der Waals surface area contributed by atoms with Crippen LogP contribution in [0.4, 0.5) is 0 Å². The molecule has 10 nitrogen and oxygen atoms in total. The SMILES string of the molecule is CCC(C)(CCCOC(C)(CC)CCCOC(C)(CC)CC(O)COC(C)(CC)CCCCO)OCCCOC(C)(CC)CC(O)COC(C)(CC)CCCCO. The molecule has 0 saturated carbocycles. The third-order valence-corrected chi connectivity index (χ3v) is 13.1. The Hall–Kier alpha value is -0.400. The van der Waals surface area contributed by atoms with E-state index in [1.807, 2.05) is 0 Å². The van der Waals surface area contributed by atoms with Crippen LogP contribution >= 0.6 is 0 Å². The van der Waals surface area contributed by atoms with Gasteiger partial charge in [0.15, 0.2) is 0 Å². The maximum Gasteiger partial charge on any atom is 0.0801 e. The van der Waals surface area contributed by atoms with Gasteiger partial charge in [0.25, 0.3) is 0 Å². The molecule has 10 heteroatoms. The van der Waals surface area contributed by atoms with E-state index in [9.17, 15) is 10.2 Å². The number of aliphatic hydroxyl groups is 4. The minimum absolute atomic E-state index is 0.197. The van der Waals surface area contributed by atoms with Crippen LogP contribution in [0.1, 0.15) is 205 Å². The Morgan fingerprint density at radius 3 is 0.912 bits per heavy atom. The number of hydrogen-bond donors (Lipinski definition) is 4. The van der Waals surface area contributed by atoms with Crippen molar-refractivity contribution >= 4 is 0 Å². The molecular formula is C47H96O10. The van der Waals surface area contributed by atoms with Crippen molar-refractivity contribution in [2.75, 3.05) is 52.9 Å². The average molecular weight is 821 g/mol. The Bertz CT molecular complexity index is 973. The first kappa shape index (κ1) is 56.6. The van der Waals surface area contributed by atoms with Crippen LogP contribution in [0.3, 0.4) is 0 Å². The molecular weight excluding hydrogens is 725 g/mol. The average Bonchev–Trinajstić information content (AvgIpc) is 3.19. The van der Waals surface area contributed by atoms with Crippen molar-refractivity contribution in [1.82, 2.24) is 0 Å². The molecule has 0 radical (unpaired) electrons. The maximum absolute atomic E-state index is 10.9. The predicted octanol–water partition coefficient (Wildman–Crippen LogP) is 9.88. The fraction of sp³-hybridized carbons (Fsp3) is 1.00. The molecule has 0 saturated heterocycles. The van der Waals surface area contributed by atoms with Crippen molar-refractivity contribution in [1.29, 1.82) is 0 Å². The summed E-state index contributed by atoms with van der Waals surface area (Å²) < 4.78 is 38.0. The second-order valence-corrected chi connectivity index (χ2v) is 18.5. The summed E-state index contributed by atoms with van der Waals surface area (Å²) in [5, 5.41) is 40.0. The number of rotatable bonds is 40. The molecule has 0 bridgehead atoms. The highest BCUT2D eigenvalue weighted by Gasteiger charge is 2.32. The van der Waals surface area contributed by atoms with Crippen LogP contribution in [-0.2, 0) is 28.4 Å². The molecule has 0 spiro atoms. The molecule has 8 atom stereocenters. The van der Waals surface area contributed by atoms with Crippen molar-refractivity contribution in [2.24, 2.45) is 0 Å². The molecule has 0 aromatic carbocycles. The van der Waals surface area contributed by atoms with Crippen LogP contribution in [0.25, 0.3) is 0 Å². The van der Waals surface area contributed by atoms with Gasteiger partial charge in [-0.3, -0.25) is 0 Å². The Morgan fingerprint density at radius 2 is 0.614 bits per heavy atom. The van der Waals surface area contributed by atoms with Gasteiger partial charge in [-0.15, -0.1) is 0 Å². The summed E-state index contributed by atoms with van der Waals surface area (Å²) in [6.45, 7) is 29.0. The van der Waals surface area contributed by atoms with Gasteiger partial charge in [0.1, 0.15) is 0 Å². The molecule has 0 heterocycles. The Labute approximate surface area is 351 Å². The molecule has 4 N–H and O–H groups in total. The molecule has 0 aliphatic carbocycles. The van der Waals surface area contributed by atoms with Crippen molar-refractivity contribution in [3.05, 3.63) is 0 Å². The molecule has 344 valence electrons. The predicted molar refractivity (Wildman–Crippen MR) is 234 cm³/mol. The van der Waals surface area contributed by atoms with Crippen LogP contribution in [0.2, 0.25) is 0 Å². The molecule has 0 rings (SSSR count). The summed E-state index contributed by atoms with van der Waals surface area (Å²) in [5.74, 6) is 0. The van der Waals surface area contributed by atoms with E-state index in [-0.39, 0.29) is 48.8 Å². The fourth-order valence-corrected chi connectivity index (χ4v) is 7.17. The number of hydrogen-bond acceptors (Lipinski definition) is 10. The summed E-state index contributed by atoms with van der Waals surface area (Å²) in [5.41, 5.74) is -1.88. The third-order valence-electron chi connectivity index (χ3n) is 13.1. The monoisotopic (exact) mass is 821 g/mol. The highest BCUT2D eigenvalue weighted by Crippen LogP contribution is 2.30. The second kappa shape index (κ2) is 29.8. The van der Waals surface area contributed by atoms with Gasteiger partial charge in [-0.05, 0) is 151 Å². The highest BCUT2D eigenvalue weighted by molar-refractivity contribution is 4.82. The molecule has 0 amide bonds. The van der Waals surface area contributed by atoms with E-state index in [1.54, 1.807) is 0 Å². The lowest BCUT2D eigenvalue weighted by Crippen LogP contribution is -2.38. The Kier molecular flexibility index (Phi) is 29.6. The number of aliphatic hydroxyl groups excluding tert-OH is 4. The molecule has 0 aromatic heterocycles. The normalized spacial score (nSPS) is 19.8. The summed E-state index contributed by atoms with van der Waals surface area (Å²) in [4.78, 5) is 0. The van der Waals surface area contributed by atoms with E-state index in [0.717, 1.165) is 109 Å². The lowest BCUT2D eigenvalue weighted by atomic mass is 9.93. The second-order valence-electron chi connectivity index (χ2n) is 18.5. The van der Waals surface area contributed by atoms with E-state index in [1.165, 1.54) is 0 Å². The highest BCUT2D eigenvalue weighted by atomic mass is 16.5. The van der Waals surface area contributed by atoms with E-state index >= 15 is 0 Å². The fourth-order valence-electron chi connectivity index (χ4n) is 7.17. The summed E-state index contributed by atoms with van der Waals surface area (Å²) in [7, 11) is 0. The van der Waals surface area contributed by atoms with E-state index in [0.29, 0.717) is 39.3 Å². The molecule has 57 heavy (non-hydrogen) atoms. The molecule has 0 fully saturated rings. The number of ether oxygens (including phenoxy) is 6. The van der Waals surface area contributed by atoms with Gasteiger partial charge >= 0.3 is 0 Å². The van der Waals surface area contributed by atoms with Crippen LogP contribution < -0.4 is 0 Å². The van der Waals surface area contributed by atoms with Gasteiger partial charge in [-0.2, -0.15) is 0 Å². The quantitative estimate of drug-likeness (QED) is 0.0443. The van der Waals surface area contributed by atoms with E-state index < -0.39 is 23.4 Å². The zero-order valence-corrected chi connectivity index (χ0v) is 39.5. The van der Waals surface area contributed by atoms with Crippen LogP contribution in [0.5, 0.6) is 0 Å². The van der Waals surface area contributed by atoms with Crippen molar-refractivity contribution in [3.63, 3.8) is 0 Å². The van der Waals surface area contributed by atoms with Gasteiger partial charge in [0.2, 0.25) is 0 Å². The first-order valence-corrected chi connectivity index (χ1v) is 23.2. The van der Waals surface area contributed by atoms with E-state index in [2.05, 4.69) is 83.1 Å². The van der Waals surface area contributed by atoms with Crippen molar-refractivity contribution in [2.45, 2.75) is 251 Å². The number of unbranched alkanes of at least 4 members (excludes halogenated alkanes) is 2. The van der Waals surface area contributed by atoms with Crippen LogP contribution in [0, 0.1) is 0 Å². The lowest BCUT2D eigenvalue weighted by Gasteiger charge is -2.35. The minimum atomic E-state index is -0.603.